The van der Waals surface area contributed by atoms with Gasteiger partial charge < -0.3 is 9.97 Å². The molecular formula is C22H38N4. The molecule has 0 saturated heterocycles. The van der Waals surface area contributed by atoms with Crippen LogP contribution in [0.15, 0.2) is 12.4 Å². The van der Waals surface area contributed by atoms with E-state index in [0.29, 0.717) is 0 Å². The van der Waals surface area contributed by atoms with Gasteiger partial charge in [0.15, 0.2) is 0 Å². The highest BCUT2D eigenvalue weighted by Gasteiger charge is 2.32. The Morgan fingerprint density at radius 3 is 1.15 bits per heavy atom. The Morgan fingerprint density at radius 1 is 0.615 bits per heavy atom. The van der Waals surface area contributed by atoms with Gasteiger partial charge >= 0.3 is 0 Å². The van der Waals surface area contributed by atoms with Crippen molar-refractivity contribution in [2.45, 2.75) is 104 Å². The molecule has 0 amide bonds. The predicted octanol–water partition coefficient (Wildman–Crippen LogP) is 5.76. The van der Waals surface area contributed by atoms with Crippen molar-refractivity contribution in [1.82, 2.24) is 19.9 Å². The molecule has 0 aliphatic heterocycles. The highest BCUT2D eigenvalue weighted by Crippen LogP contribution is 2.35. The molecule has 0 unspecified atom stereocenters. The molecular weight excluding hydrogens is 320 g/mol. The van der Waals surface area contributed by atoms with Gasteiger partial charge in [0.2, 0.25) is 0 Å². The first-order valence-electron chi connectivity index (χ1n) is 9.76. The number of hydrogen-bond donors (Lipinski definition) is 2. The first-order chi connectivity index (χ1) is 11.6. The quantitative estimate of drug-likeness (QED) is 0.713. The molecule has 4 heteroatoms. The zero-order chi connectivity index (χ0) is 20.0. The van der Waals surface area contributed by atoms with Crippen LogP contribution in [0, 0.1) is 0 Å². The van der Waals surface area contributed by atoms with Crippen LogP contribution in [0.2, 0.25) is 0 Å². The molecule has 0 fully saturated rings. The Hall–Kier alpha value is -1.58. The first kappa shape index (κ1) is 20.7. The lowest BCUT2D eigenvalue weighted by molar-refractivity contribution is 0.353. The summed E-state index contributed by atoms with van der Waals surface area (Å²) in [6.07, 6.45) is 6.21. The van der Waals surface area contributed by atoms with Crippen LogP contribution in [0.4, 0.5) is 0 Å². The molecule has 2 N–H and O–H groups in total. The number of hydrogen-bond acceptors (Lipinski definition) is 2. The van der Waals surface area contributed by atoms with E-state index in [2.05, 4.69) is 91.6 Å². The van der Waals surface area contributed by atoms with Gasteiger partial charge in [0.1, 0.15) is 11.6 Å². The van der Waals surface area contributed by atoms with Crippen molar-refractivity contribution in [3.05, 3.63) is 35.4 Å². The predicted molar refractivity (Wildman–Crippen MR) is 110 cm³/mol. The van der Waals surface area contributed by atoms with E-state index in [1.807, 2.05) is 0 Å². The average molecular weight is 359 g/mol. The van der Waals surface area contributed by atoms with Crippen LogP contribution in [0.1, 0.15) is 105 Å². The minimum atomic E-state index is 0.000218. The number of aromatic nitrogens is 4. The SMILES string of the molecule is CC(C)(C)c1c[nH]c(C(C)(C)CCC(C)(C)c2nc(C(C)(C)C)c[nH]2)n1. The number of rotatable bonds is 5. The third-order valence-electron chi connectivity index (χ3n) is 5.35. The summed E-state index contributed by atoms with van der Waals surface area (Å²) < 4.78 is 0. The summed E-state index contributed by atoms with van der Waals surface area (Å²) in [5, 5.41) is 0. The molecule has 146 valence electrons. The van der Waals surface area contributed by atoms with E-state index in [9.17, 15) is 0 Å². The van der Waals surface area contributed by atoms with Gasteiger partial charge in [-0.05, 0) is 12.8 Å². The van der Waals surface area contributed by atoms with Gasteiger partial charge in [-0.3, -0.25) is 0 Å². The molecule has 0 atom stereocenters. The standard InChI is InChI=1S/C22H38N4/c1-19(2,3)15-13-23-17(25-15)21(7,8)11-12-22(9,10)18-24-14-16(26-18)20(4,5)6/h13-14H,11-12H2,1-10H3,(H,23,25)(H,24,26). The maximum atomic E-state index is 4.88. The van der Waals surface area contributed by atoms with Gasteiger partial charge in [-0.25, -0.2) is 9.97 Å². The zero-order valence-electron chi connectivity index (χ0n) is 18.5. The van der Waals surface area contributed by atoms with Crippen molar-refractivity contribution in [3.8, 4) is 0 Å². The molecule has 0 spiro atoms. The van der Waals surface area contributed by atoms with Crippen LogP contribution in [0.25, 0.3) is 0 Å². The molecule has 4 nitrogen and oxygen atoms in total. The smallest absolute Gasteiger partial charge is 0.112 e. The Bertz CT molecular complexity index is 669. The Balaban J connectivity index is 2.12. The van der Waals surface area contributed by atoms with Gasteiger partial charge in [0.25, 0.3) is 0 Å². The van der Waals surface area contributed by atoms with E-state index in [0.717, 1.165) is 35.9 Å². The maximum Gasteiger partial charge on any atom is 0.112 e. The van der Waals surface area contributed by atoms with Crippen molar-refractivity contribution in [1.29, 1.82) is 0 Å². The summed E-state index contributed by atoms with van der Waals surface area (Å²) in [5.74, 6) is 2.15. The minimum absolute atomic E-state index is 0.000218. The van der Waals surface area contributed by atoms with Crippen LogP contribution in [0.5, 0.6) is 0 Å². The largest absolute Gasteiger partial charge is 0.348 e. The number of nitrogens with one attached hydrogen (secondary N) is 2. The van der Waals surface area contributed by atoms with Gasteiger partial charge in [-0.1, -0.05) is 69.2 Å². The summed E-state index contributed by atoms with van der Waals surface area (Å²) in [7, 11) is 0. The van der Waals surface area contributed by atoms with E-state index in [-0.39, 0.29) is 21.7 Å². The second-order valence-corrected chi connectivity index (χ2v) is 11.0. The Kier molecular flexibility index (Phi) is 5.22. The molecule has 2 aromatic heterocycles. The first-order valence-corrected chi connectivity index (χ1v) is 9.76. The fourth-order valence-corrected chi connectivity index (χ4v) is 2.97. The topological polar surface area (TPSA) is 57.4 Å². The highest BCUT2D eigenvalue weighted by atomic mass is 15.0. The van der Waals surface area contributed by atoms with Crippen molar-refractivity contribution in [2.24, 2.45) is 0 Å². The molecule has 0 aliphatic carbocycles. The Labute approximate surface area is 159 Å². The van der Waals surface area contributed by atoms with Crippen molar-refractivity contribution in [2.75, 3.05) is 0 Å². The fraction of sp³-hybridized carbons (Fsp3) is 0.727. The van der Waals surface area contributed by atoms with Crippen LogP contribution < -0.4 is 0 Å². The zero-order valence-corrected chi connectivity index (χ0v) is 18.5. The second-order valence-electron chi connectivity index (χ2n) is 11.0. The van der Waals surface area contributed by atoms with Crippen molar-refractivity contribution in [3.63, 3.8) is 0 Å². The van der Waals surface area contributed by atoms with Crippen molar-refractivity contribution < 1.29 is 0 Å². The van der Waals surface area contributed by atoms with Crippen LogP contribution >= 0.6 is 0 Å². The molecule has 0 aliphatic rings. The van der Waals surface area contributed by atoms with Gasteiger partial charge in [0.05, 0.1) is 11.4 Å². The van der Waals surface area contributed by atoms with E-state index < -0.39 is 0 Å². The molecule has 0 aromatic carbocycles. The summed E-state index contributed by atoms with van der Waals surface area (Å²) in [6, 6.07) is 0. The third-order valence-corrected chi connectivity index (χ3v) is 5.35. The maximum absolute atomic E-state index is 4.88. The Morgan fingerprint density at radius 2 is 0.923 bits per heavy atom. The molecule has 26 heavy (non-hydrogen) atoms. The lowest BCUT2D eigenvalue weighted by Crippen LogP contribution is -2.26. The van der Waals surface area contributed by atoms with E-state index in [4.69, 9.17) is 9.97 Å². The van der Waals surface area contributed by atoms with Crippen LogP contribution in [-0.2, 0) is 21.7 Å². The highest BCUT2D eigenvalue weighted by molar-refractivity contribution is 5.18. The van der Waals surface area contributed by atoms with Gasteiger partial charge in [-0.2, -0.15) is 0 Å². The van der Waals surface area contributed by atoms with E-state index >= 15 is 0 Å². The molecule has 2 aromatic rings. The molecule has 2 rings (SSSR count). The molecule has 0 saturated carbocycles. The number of imidazole rings is 2. The lowest BCUT2D eigenvalue weighted by Gasteiger charge is -2.29. The molecule has 2 heterocycles. The lowest BCUT2D eigenvalue weighted by atomic mass is 9.78. The normalized spacial score (nSPS) is 14.1. The number of aromatic amines is 2. The van der Waals surface area contributed by atoms with Crippen LogP contribution in [0.3, 0.4) is 0 Å². The van der Waals surface area contributed by atoms with Crippen molar-refractivity contribution >= 4 is 0 Å². The third kappa shape index (κ3) is 4.57. The van der Waals surface area contributed by atoms with Gasteiger partial charge in [0, 0.05) is 34.1 Å². The summed E-state index contributed by atoms with van der Waals surface area (Å²) >= 11 is 0. The van der Waals surface area contributed by atoms with E-state index in [1.165, 1.54) is 0 Å². The fourth-order valence-electron chi connectivity index (χ4n) is 2.97. The van der Waals surface area contributed by atoms with E-state index in [1.54, 1.807) is 0 Å². The number of H-pyrrole nitrogens is 2. The second kappa shape index (κ2) is 6.54. The average Bonchev–Trinajstić information content (AvgIpc) is 3.13. The van der Waals surface area contributed by atoms with Gasteiger partial charge in [-0.15, -0.1) is 0 Å². The van der Waals surface area contributed by atoms with Crippen LogP contribution in [-0.4, -0.2) is 19.9 Å². The summed E-state index contributed by atoms with van der Waals surface area (Å²) in [5.41, 5.74) is 2.39. The molecule has 0 radical (unpaired) electrons. The summed E-state index contributed by atoms with van der Waals surface area (Å²) in [4.78, 5) is 16.6. The monoisotopic (exact) mass is 358 g/mol. The minimum Gasteiger partial charge on any atom is -0.348 e. The number of nitrogens with zero attached hydrogens (tertiary/aromatic N) is 2. The summed E-state index contributed by atoms with van der Waals surface area (Å²) in [6.45, 7) is 22.3. The molecule has 0 bridgehead atoms.